The van der Waals surface area contributed by atoms with Gasteiger partial charge in [0.1, 0.15) is 18.4 Å². The quantitative estimate of drug-likeness (QED) is 0.599. The van der Waals surface area contributed by atoms with Crippen molar-refractivity contribution in [2.45, 2.75) is 18.4 Å². The average molecular weight is 405 g/mol. The molecule has 0 unspecified atom stereocenters. The van der Waals surface area contributed by atoms with Crippen LogP contribution >= 0.6 is 0 Å². The molecule has 4 rings (SSSR count). The Kier molecular flexibility index (Phi) is 5.48. The third-order valence-electron chi connectivity index (χ3n) is 5.29. The Hall–Kier alpha value is -3.67. The van der Waals surface area contributed by atoms with E-state index in [1.165, 1.54) is 12.1 Å². The molecular weight excluding hydrogens is 385 g/mol. The number of aromatic hydroxyl groups is 1. The minimum Gasteiger partial charge on any atom is -0.508 e. The molecule has 30 heavy (non-hydrogen) atoms. The molecule has 0 aromatic heterocycles. The zero-order valence-corrected chi connectivity index (χ0v) is 16.0. The molecule has 3 aromatic carbocycles. The number of fused-ring (bicyclic) bond motifs is 3. The highest BCUT2D eigenvalue weighted by Crippen LogP contribution is 2.44. The molecule has 1 amide bonds. The second kappa shape index (κ2) is 8.37. The minimum absolute atomic E-state index is 0.0419. The summed E-state index contributed by atoms with van der Waals surface area (Å²) in [5.74, 6) is -0.0638. The van der Waals surface area contributed by atoms with Crippen LogP contribution in [0, 0.1) is 0 Å². The van der Waals surface area contributed by atoms with Gasteiger partial charge in [-0.15, -0.1) is 0 Å². The maximum atomic E-state index is 13.5. The molecule has 5 nitrogen and oxygen atoms in total. The summed E-state index contributed by atoms with van der Waals surface area (Å²) in [6.45, 7) is 0.0757. The van der Waals surface area contributed by atoms with Crippen LogP contribution in [0.3, 0.4) is 0 Å². The van der Waals surface area contributed by atoms with Gasteiger partial charge in [-0.2, -0.15) is 4.39 Å². The number of nitrogens with one attached hydrogen (secondary N) is 1. The van der Waals surface area contributed by atoms with E-state index in [0.717, 1.165) is 22.3 Å². The summed E-state index contributed by atoms with van der Waals surface area (Å²) in [5.41, 5.74) is 4.93. The number of benzene rings is 3. The molecule has 1 aliphatic rings. The smallest absolute Gasteiger partial charge is 0.407 e. The first-order valence-electron chi connectivity index (χ1n) is 9.61. The number of alkyl carbamates (subject to hydrolysis) is 1. The van der Waals surface area contributed by atoms with Crippen molar-refractivity contribution < 1.29 is 23.8 Å². The lowest BCUT2D eigenvalue weighted by Gasteiger charge is -2.17. The van der Waals surface area contributed by atoms with Crippen molar-refractivity contribution in [2.24, 2.45) is 0 Å². The Bertz CT molecular complexity index is 1040. The number of hydrogen-bond donors (Lipinski definition) is 2. The molecule has 0 spiro atoms. The summed E-state index contributed by atoms with van der Waals surface area (Å²) in [7, 11) is 0. The Morgan fingerprint density at radius 2 is 1.50 bits per heavy atom. The molecule has 0 fully saturated rings. The van der Waals surface area contributed by atoms with E-state index in [4.69, 9.17) is 4.74 Å². The van der Waals surface area contributed by atoms with Crippen LogP contribution in [0.25, 0.3) is 11.1 Å². The topological polar surface area (TPSA) is 75.6 Å². The van der Waals surface area contributed by atoms with Gasteiger partial charge in [0, 0.05) is 12.3 Å². The Balaban J connectivity index is 1.43. The van der Waals surface area contributed by atoms with Crippen molar-refractivity contribution in [3.05, 3.63) is 89.5 Å². The summed E-state index contributed by atoms with van der Waals surface area (Å²) in [6.07, 6.45) is -0.897. The van der Waals surface area contributed by atoms with E-state index in [2.05, 4.69) is 5.32 Å². The molecule has 0 saturated heterocycles. The van der Waals surface area contributed by atoms with Gasteiger partial charge in [0.15, 0.2) is 0 Å². The number of rotatable bonds is 6. The number of carbonyl (C=O) groups is 2. The van der Waals surface area contributed by atoms with Gasteiger partial charge in [-0.25, -0.2) is 4.79 Å². The molecule has 152 valence electrons. The molecule has 0 radical (unpaired) electrons. The van der Waals surface area contributed by atoms with Gasteiger partial charge in [-0.3, -0.25) is 4.79 Å². The summed E-state index contributed by atoms with van der Waals surface area (Å²) in [4.78, 5) is 23.6. The maximum absolute atomic E-state index is 13.5. The lowest BCUT2D eigenvalue weighted by Crippen LogP contribution is -2.41. The fraction of sp³-hybridized carbons (Fsp3) is 0.167. The summed E-state index contributed by atoms with van der Waals surface area (Å²) < 4.78 is 18.8. The third-order valence-corrected chi connectivity index (χ3v) is 5.29. The largest absolute Gasteiger partial charge is 0.508 e. The van der Waals surface area contributed by atoms with Crippen molar-refractivity contribution in [3.8, 4) is 16.9 Å². The fourth-order valence-electron chi connectivity index (χ4n) is 3.84. The normalized spacial score (nSPS) is 13.2. The molecule has 0 heterocycles. The van der Waals surface area contributed by atoms with Crippen LogP contribution in [0.5, 0.6) is 5.75 Å². The van der Waals surface area contributed by atoms with Crippen LogP contribution in [0.2, 0.25) is 0 Å². The van der Waals surface area contributed by atoms with E-state index in [1.807, 2.05) is 48.5 Å². The number of amides is 1. The van der Waals surface area contributed by atoms with E-state index in [1.54, 1.807) is 12.1 Å². The van der Waals surface area contributed by atoms with Crippen LogP contribution in [-0.2, 0) is 16.0 Å². The maximum Gasteiger partial charge on any atom is 0.407 e. The summed E-state index contributed by atoms with van der Waals surface area (Å²) in [5, 5.41) is 11.6. The van der Waals surface area contributed by atoms with Crippen molar-refractivity contribution >= 4 is 12.1 Å². The first-order chi connectivity index (χ1) is 14.5. The van der Waals surface area contributed by atoms with Crippen molar-refractivity contribution in [1.29, 1.82) is 0 Å². The molecule has 0 saturated carbocycles. The molecule has 6 heteroatoms. The van der Waals surface area contributed by atoms with Crippen LogP contribution in [0.4, 0.5) is 9.18 Å². The highest BCUT2D eigenvalue weighted by atomic mass is 19.1. The molecule has 3 aromatic rings. The van der Waals surface area contributed by atoms with Crippen LogP contribution in [0.1, 0.15) is 22.6 Å². The second-order valence-electron chi connectivity index (χ2n) is 7.20. The van der Waals surface area contributed by atoms with Gasteiger partial charge in [0.25, 0.3) is 0 Å². The van der Waals surface area contributed by atoms with Gasteiger partial charge in [-0.1, -0.05) is 60.7 Å². The number of phenols is 1. The first-order valence-corrected chi connectivity index (χ1v) is 9.61. The minimum atomic E-state index is -1.66. The number of hydrogen-bond acceptors (Lipinski definition) is 4. The zero-order chi connectivity index (χ0) is 21.1. The lowest BCUT2D eigenvalue weighted by molar-refractivity contribution is -0.131. The number of halogens is 1. The number of phenolic OH excluding ortho intramolecular Hbond substituents is 1. The predicted octanol–water partition coefficient (Wildman–Crippen LogP) is 4.34. The van der Waals surface area contributed by atoms with E-state index < -0.39 is 18.2 Å². The number of carbonyl (C=O) groups excluding carboxylic acids is 2. The van der Waals surface area contributed by atoms with Crippen molar-refractivity contribution in [2.75, 3.05) is 6.61 Å². The lowest BCUT2D eigenvalue weighted by atomic mass is 9.98. The Morgan fingerprint density at radius 3 is 2.07 bits per heavy atom. The SMILES string of the molecule is O=C(N[C@@H](Cc1ccc(O)cc1)C(=O)F)OCC1c2ccccc2-c2ccccc21. The van der Waals surface area contributed by atoms with Crippen molar-refractivity contribution in [1.82, 2.24) is 5.32 Å². The predicted molar refractivity (Wildman–Crippen MR) is 110 cm³/mol. The summed E-state index contributed by atoms with van der Waals surface area (Å²) >= 11 is 0. The molecule has 0 bridgehead atoms. The monoisotopic (exact) mass is 405 g/mol. The molecule has 1 atom stereocenters. The first kappa shape index (κ1) is 19.6. The van der Waals surface area contributed by atoms with Gasteiger partial charge in [0.2, 0.25) is 0 Å². The van der Waals surface area contributed by atoms with Gasteiger partial charge in [0.05, 0.1) is 0 Å². The highest BCUT2D eigenvalue weighted by molar-refractivity contribution is 5.81. The van der Waals surface area contributed by atoms with Crippen LogP contribution in [-0.4, -0.2) is 29.9 Å². The Labute approximate surface area is 173 Å². The molecule has 0 aliphatic heterocycles. The van der Waals surface area contributed by atoms with Gasteiger partial charge < -0.3 is 15.2 Å². The summed E-state index contributed by atoms with van der Waals surface area (Å²) in [6, 6.07) is 18.8. The van der Waals surface area contributed by atoms with E-state index in [9.17, 15) is 19.1 Å². The average Bonchev–Trinajstić information content (AvgIpc) is 3.07. The van der Waals surface area contributed by atoms with E-state index >= 15 is 0 Å². The second-order valence-corrected chi connectivity index (χ2v) is 7.20. The highest BCUT2D eigenvalue weighted by Gasteiger charge is 2.29. The van der Waals surface area contributed by atoms with Gasteiger partial charge in [-0.05, 0) is 39.9 Å². The van der Waals surface area contributed by atoms with Crippen LogP contribution in [0.15, 0.2) is 72.8 Å². The van der Waals surface area contributed by atoms with E-state index in [0.29, 0.717) is 5.56 Å². The van der Waals surface area contributed by atoms with E-state index in [-0.39, 0.29) is 24.7 Å². The molecular formula is C24H20FNO4. The van der Waals surface area contributed by atoms with Crippen LogP contribution < -0.4 is 5.32 Å². The van der Waals surface area contributed by atoms with Crippen molar-refractivity contribution in [3.63, 3.8) is 0 Å². The zero-order valence-electron chi connectivity index (χ0n) is 16.0. The third kappa shape index (κ3) is 4.03. The molecule has 1 aliphatic carbocycles. The Morgan fingerprint density at radius 1 is 0.933 bits per heavy atom. The number of ether oxygens (including phenoxy) is 1. The fourth-order valence-corrected chi connectivity index (χ4v) is 3.84. The standard InChI is InChI=1S/C24H20FNO4/c25-23(28)22(13-15-9-11-16(27)12-10-15)26-24(29)30-14-21-19-7-3-1-5-17(19)18-6-2-4-8-20(18)21/h1-12,21-22,27H,13-14H2,(H,26,29)/t22-/m0/s1. The van der Waals surface area contributed by atoms with Gasteiger partial charge >= 0.3 is 12.1 Å². The molecule has 2 N–H and O–H groups in total.